The smallest absolute Gasteiger partial charge is 0.250 e. The largest absolute Gasteiger partial charge is 0.497 e. The minimum Gasteiger partial charge on any atom is -0.497 e. The summed E-state index contributed by atoms with van der Waals surface area (Å²) in [5, 5.41) is 5.05. The van der Waals surface area contributed by atoms with Crippen molar-refractivity contribution >= 4 is 10.0 Å². The molecule has 0 atom stereocenters. The van der Waals surface area contributed by atoms with Gasteiger partial charge in [0.05, 0.1) is 18.6 Å². The predicted molar refractivity (Wildman–Crippen MR) is 74.2 cm³/mol. The highest BCUT2D eigenvalue weighted by atomic mass is 32.2. The van der Waals surface area contributed by atoms with Crippen LogP contribution in [0.3, 0.4) is 0 Å². The normalized spacial score (nSPS) is 11.3. The van der Waals surface area contributed by atoms with Crippen molar-refractivity contribution in [2.24, 2.45) is 5.14 Å². The number of benzene rings is 1. The number of ether oxygens (including phenoxy) is 1. The summed E-state index contributed by atoms with van der Waals surface area (Å²) in [6.45, 7) is 0.256. The van der Waals surface area contributed by atoms with Crippen molar-refractivity contribution in [3.05, 3.63) is 58.5 Å². The fourth-order valence-electron chi connectivity index (χ4n) is 1.73. The summed E-state index contributed by atoms with van der Waals surface area (Å²) in [6, 6.07) is 9.52. The third-order valence-corrected chi connectivity index (χ3v) is 3.70. The molecule has 7 heteroatoms. The number of hydrogen-bond donors (Lipinski definition) is 1. The van der Waals surface area contributed by atoms with Crippen molar-refractivity contribution in [3.63, 3.8) is 0 Å². The molecule has 106 valence electrons. The summed E-state index contributed by atoms with van der Waals surface area (Å²) in [4.78, 5) is 11.6. The van der Waals surface area contributed by atoms with E-state index in [9.17, 15) is 13.2 Å². The Hall–Kier alpha value is -2.12. The van der Waals surface area contributed by atoms with E-state index in [1.165, 1.54) is 22.9 Å². The van der Waals surface area contributed by atoms with Gasteiger partial charge in [0, 0.05) is 12.3 Å². The number of methoxy groups -OCH3 is 1. The molecule has 0 radical (unpaired) electrons. The van der Waals surface area contributed by atoms with Gasteiger partial charge in [-0.3, -0.25) is 4.79 Å². The molecule has 0 saturated heterocycles. The van der Waals surface area contributed by atoms with E-state index >= 15 is 0 Å². The quantitative estimate of drug-likeness (QED) is 0.891. The third kappa shape index (κ3) is 3.25. The molecule has 0 saturated carbocycles. The molecule has 0 amide bonds. The summed E-state index contributed by atoms with van der Waals surface area (Å²) in [6.07, 6.45) is 1.24. The zero-order valence-electron chi connectivity index (χ0n) is 10.8. The van der Waals surface area contributed by atoms with Crippen LogP contribution in [0.15, 0.2) is 52.3 Å². The van der Waals surface area contributed by atoms with Crippen molar-refractivity contribution in [1.29, 1.82) is 0 Å². The molecule has 20 heavy (non-hydrogen) atoms. The number of aromatic nitrogens is 1. The van der Waals surface area contributed by atoms with E-state index in [0.717, 1.165) is 5.56 Å². The van der Waals surface area contributed by atoms with Crippen LogP contribution in [0.4, 0.5) is 0 Å². The Morgan fingerprint density at radius 2 is 1.80 bits per heavy atom. The van der Waals surface area contributed by atoms with Crippen LogP contribution < -0.4 is 15.4 Å². The highest BCUT2D eigenvalue weighted by Crippen LogP contribution is 2.12. The highest BCUT2D eigenvalue weighted by molar-refractivity contribution is 7.89. The lowest BCUT2D eigenvalue weighted by Gasteiger charge is -2.08. The second kappa shape index (κ2) is 5.48. The van der Waals surface area contributed by atoms with Crippen molar-refractivity contribution in [3.8, 4) is 5.75 Å². The first-order valence-electron chi connectivity index (χ1n) is 5.76. The highest BCUT2D eigenvalue weighted by Gasteiger charge is 2.09. The van der Waals surface area contributed by atoms with E-state index in [2.05, 4.69) is 0 Å². The summed E-state index contributed by atoms with van der Waals surface area (Å²) < 4.78 is 28.9. The van der Waals surface area contributed by atoms with Crippen LogP contribution in [0.1, 0.15) is 5.56 Å². The second-order valence-corrected chi connectivity index (χ2v) is 5.79. The van der Waals surface area contributed by atoms with Crippen molar-refractivity contribution in [2.75, 3.05) is 7.11 Å². The molecule has 0 aliphatic rings. The molecule has 0 bridgehead atoms. The number of pyridine rings is 1. The molecule has 2 rings (SSSR count). The van der Waals surface area contributed by atoms with Crippen LogP contribution in [0.2, 0.25) is 0 Å². The van der Waals surface area contributed by atoms with Crippen LogP contribution in [0.5, 0.6) is 5.75 Å². The first-order chi connectivity index (χ1) is 9.40. The lowest BCUT2D eigenvalue weighted by atomic mass is 10.2. The van der Waals surface area contributed by atoms with E-state index in [1.807, 2.05) is 0 Å². The zero-order valence-corrected chi connectivity index (χ0v) is 11.6. The molecule has 6 nitrogen and oxygen atoms in total. The average molecular weight is 294 g/mol. The molecule has 0 aliphatic heterocycles. The van der Waals surface area contributed by atoms with Gasteiger partial charge in [-0.15, -0.1) is 0 Å². The van der Waals surface area contributed by atoms with Gasteiger partial charge in [0.15, 0.2) is 0 Å². The van der Waals surface area contributed by atoms with E-state index in [0.29, 0.717) is 5.75 Å². The van der Waals surface area contributed by atoms with Crippen molar-refractivity contribution < 1.29 is 13.2 Å². The first-order valence-corrected chi connectivity index (χ1v) is 7.31. The molecule has 0 unspecified atom stereocenters. The van der Waals surface area contributed by atoms with Gasteiger partial charge >= 0.3 is 0 Å². The monoisotopic (exact) mass is 294 g/mol. The molecule has 0 spiro atoms. The number of hydrogen-bond acceptors (Lipinski definition) is 4. The zero-order chi connectivity index (χ0) is 14.8. The lowest BCUT2D eigenvalue weighted by molar-refractivity contribution is 0.414. The minimum atomic E-state index is -3.82. The number of sulfonamides is 1. The molecule has 1 aromatic heterocycles. The maximum absolute atomic E-state index is 11.7. The van der Waals surface area contributed by atoms with E-state index in [1.54, 1.807) is 31.4 Å². The molecule has 2 N–H and O–H groups in total. The lowest BCUT2D eigenvalue weighted by Crippen LogP contribution is -2.22. The number of nitrogens with two attached hydrogens (primary N) is 1. The molecule has 1 heterocycles. The summed E-state index contributed by atoms with van der Waals surface area (Å²) in [5.74, 6) is 0.708. The first kappa shape index (κ1) is 14.3. The maximum Gasteiger partial charge on any atom is 0.250 e. The summed E-state index contributed by atoms with van der Waals surface area (Å²) in [7, 11) is -2.26. The van der Waals surface area contributed by atoms with Crippen molar-refractivity contribution in [2.45, 2.75) is 11.4 Å². The molecule has 2 aromatic rings. The van der Waals surface area contributed by atoms with Crippen LogP contribution >= 0.6 is 0 Å². The third-order valence-electron chi connectivity index (χ3n) is 2.80. The Morgan fingerprint density at radius 1 is 1.15 bits per heavy atom. The van der Waals surface area contributed by atoms with Gasteiger partial charge in [0.1, 0.15) is 5.75 Å². The van der Waals surface area contributed by atoms with E-state index in [-0.39, 0.29) is 17.0 Å². The maximum atomic E-state index is 11.7. The Kier molecular flexibility index (Phi) is 3.91. The van der Waals surface area contributed by atoms with Crippen LogP contribution in [0.25, 0.3) is 0 Å². The summed E-state index contributed by atoms with van der Waals surface area (Å²) in [5.41, 5.74) is 0.549. The topological polar surface area (TPSA) is 91.4 Å². The van der Waals surface area contributed by atoms with Crippen molar-refractivity contribution in [1.82, 2.24) is 4.57 Å². The van der Waals surface area contributed by atoms with Gasteiger partial charge < -0.3 is 9.30 Å². The Bertz CT molecular complexity index is 764. The van der Waals surface area contributed by atoms with Crippen LogP contribution in [-0.2, 0) is 16.6 Å². The van der Waals surface area contributed by atoms with Gasteiger partial charge in [-0.25, -0.2) is 13.6 Å². The van der Waals surface area contributed by atoms with Gasteiger partial charge in [-0.05, 0) is 23.8 Å². The fraction of sp³-hybridized carbons (Fsp3) is 0.154. The number of nitrogens with zero attached hydrogens (tertiary/aromatic N) is 1. The molecule has 0 fully saturated rings. The Labute approximate surface area is 116 Å². The average Bonchev–Trinajstić information content (AvgIpc) is 2.41. The van der Waals surface area contributed by atoms with Gasteiger partial charge in [0.25, 0.3) is 5.56 Å². The second-order valence-electron chi connectivity index (χ2n) is 4.22. The van der Waals surface area contributed by atoms with Crippen LogP contribution in [0, 0.1) is 0 Å². The fourth-order valence-corrected chi connectivity index (χ4v) is 2.26. The minimum absolute atomic E-state index is 0.0920. The standard InChI is InChI=1S/C13H14N2O4S/c1-19-11-4-2-10(3-5-11)8-15-9-12(20(14,17)18)6-7-13(15)16/h2-7,9H,8H2,1H3,(H2,14,17,18). The van der Waals surface area contributed by atoms with Gasteiger partial charge in [0.2, 0.25) is 10.0 Å². The van der Waals surface area contributed by atoms with Gasteiger partial charge in [-0.2, -0.15) is 0 Å². The Balaban J connectivity index is 2.35. The SMILES string of the molecule is COc1ccc(Cn2cc(S(N)(=O)=O)ccc2=O)cc1. The van der Waals surface area contributed by atoms with Gasteiger partial charge in [-0.1, -0.05) is 12.1 Å². The number of primary sulfonamides is 1. The molecular formula is C13H14N2O4S. The predicted octanol–water partition coefficient (Wildman–Crippen LogP) is 0.553. The molecule has 0 aliphatic carbocycles. The Morgan fingerprint density at radius 3 is 2.35 bits per heavy atom. The molecule has 1 aromatic carbocycles. The summed E-state index contributed by atoms with van der Waals surface area (Å²) >= 11 is 0. The van der Waals surface area contributed by atoms with Crippen LogP contribution in [-0.4, -0.2) is 20.1 Å². The molecular weight excluding hydrogens is 280 g/mol. The number of rotatable bonds is 4. The van der Waals surface area contributed by atoms with E-state index < -0.39 is 10.0 Å². The van der Waals surface area contributed by atoms with E-state index in [4.69, 9.17) is 9.88 Å².